The highest BCUT2D eigenvalue weighted by Gasteiger charge is 2.30. The number of hydrogen-bond donors (Lipinski definition) is 2. The summed E-state index contributed by atoms with van der Waals surface area (Å²) in [5.41, 5.74) is 2.20. The standard InChI is InChI=1S/C22H21NO2/c1-22(18-10-6-3-7-11-18,19-12-14-20(24)15-13-19)23-21(25)16-17-8-4-2-5-9-17/h2-15,24H,16H2,1H3,(H,23,25). The van der Waals surface area contributed by atoms with E-state index in [4.69, 9.17) is 0 Å². The number of amides is 1. The third-order valence-electron chi connectivity index (χ3n) is 4.39. The highest BCUT2D eigenvalue weighted by molar-refractivity contribution is 5.80. The minimum Gasteiger partial charge on any atom is -0.508 e. The Kier molecular flexibility index (Phi) is 4.85. The monoisotopic (exact) mass is 331 g/mol. The van der Waals surface area contributed by atoms with Crippen LogP contribution < -0.4 is 5.32 Å². The second-order valence-corrected chi connectivity index (χ2v) is 6.25. The normalized spacial score (nSPS) is 13.0. The van der Waals surface area contributed by atoms with Crippen LogP contribution in [-0.2, 0) is 16.8 Å². The first-order chi connectivity index (χ1) is 12.1. The molecule has 0 aromatic heterocycles. The van der Waals surface area contributed by atoms with Crippen molar-refractivity contribution in [2.75, 3.05) is 0 Å². The molecule has 3 rings (SSSR count). The van der Waals surface area contributed by atoms with Crippen LogP contribution in [0, 0.1) is 0 Å². The third kappa shape index (κ3) is 3.89. The molecule has 3 aromatic carbocycles. The van der Waals surface area contributed by atoms with Crippen molar-refractivity contribution < 1.29 is 9.90 Å². The molecule has 3 heteroatoms. The number of benzene rings is 3. The van der Waals surface area contributed by atoms with Crippen molar-refractivity contribution in [1.29, 1.82) is 0 Å². The zero-order valence-electron chi connectivity index (χ0n) is 14.1. The number of rotatable bonds is 5. The van der Waals surface area contributed by atoms with Crippen LogP contribution in [0.15, 0.2) is 84.9 Å². The van der Waals surface area contributed by atoms with Crippen molar-refractivity contribution in [3.8, 4) is 5.75 Å². The summed E-state index contributed by atoms with van der Waals surface area (Å²) in [6.07, 6.45) is 0.321. The Morgan fingerprint density at radius 3 is 1.96 bits per heavy atom. The summed E-state index contributed by atoms with van der Waals surface area (Å²) < 4.78 is 0. The molecule has 0 aliphatic rings. The van der Waals surface area contributed by atoms with Crippen molar-refractivity contribution in [3.63, 3.8) is 0 Å². The number of phenols is 1. The molecule has 3 nitrogen and oxygen atoms in total. The van der Waals surface area contributed by atoms with Gasteiger partial charge in [0.15, 0.2) is 0 Å². The lowest BCUT2D eigenvalue weighted by Gasteiger charge is -2.32. The molecule has 0 bridgehead atoms. The van der Waals surface area contributed by atoms with E-state index in [2.05, 4.69) is 5.32 Å². The van der Waals surface area contributed by atoms with Gasteiger partial charge in [0.05, 0.1) is 12.0 Å². The van der Waals surface area contributed by atoms with E-state index in [0.717, 1.165) is 16.7 Å². The van der Waals surface area contributed by atoms with E-state index in [-0.39, 0.29) is 11.7 Å². The van der Waals surface area contributed by atoms with Crippen LogP contribution in [0.2, 0.25) is 0 Å². The van der Waals surface area contributed by atoms with Gasteiger partial charge in [0, 0.05) is 0 Å². The minimum atomic E-state index is -0.680. The molecule has 0 saturated carbocycles. The van der Waals surface area contributed by atoms with E-state index >= 15 is 0 Å². The van der Waals surface area contributed by atoms with Gasteiger partial charge >= 0.3 is 0 Å². The van der Waals surface area contributed by atoms with Crippen LogP contribution in [0.5, 0.6) is 5.75 Å². The molecule has 0 radical (unpaired) electrons. The average Bonchev–Trinajstić information content (AvgIpc) is 2.63. The molecule has 1 amide bonds. The minimum absolute atomic E-state index is 0.0503. The predicted molar refractivity (Wildman–Crippen MR) is 99.3 cm³/mol. The fourth-order valence-corrected chi connectivity index (χ4v) is 2.98. The lowest BCUT2D eigenvalue weighted by atomic mass is 9.84. The van der Waals surface area contributed by atoms with Gasteiger partial charge in [-0.1, -0.05) is 72.8 Å². The van der Waals surface area contributed by atoms with Crippen LogP contribution in [-0.4, -0.2) is 11.0 Å². The molecule has 0 fully saturated rings. The van der Waals surface area contributed by atoms with E-state index in [1.165, 1.54) is 0 Å². The summed E-state index contributed by atoms with van der Waals surface area (Å²) in [6, 6.07) is 26.5. The van der Waals surface area contributed by atoms with Gasteiger partial charge in [-0.05, 0) is 35.7 Å². The molecule has 1 unspecified atom stereocenters. The van der Waals surface area contributed by atoms with Crippen molar-refractivity contribution >= 4 is 5.91 Å². The molecule has 0 aliphatic heterocycles. The van der Waals surface area contributed by atoms with Crippen molar-refractivity contribution in [3.05, 3.63) is 102 Å². The molecular formula is C22H21NO2. The predicted octanol–water partition coefficient (Wildman–Crippen LogP) is 4.01. The SMILES string of the molecule is CC(NC(=O)Cc1ccccc1)(c1ccccc1)c1ccc(O)cc1. The highest BCUT2D eigenvalue weighted by atomic mass is 16.3. The lowest BCUT2D eigenvalue weighted by Crippen LogP contribution is -2.45. The van der Waals surface area contributed by atoms with Crippen LogP contribution in [0.3, 0.4) is 0 Å². The number of carbonyl (C=O) groups is 1. The molecule has 0 saturated heterocycles. The van der Waals surface area contributed by atoms with E-state index in [0.29, 0.717) is 6.42 Å². The summed E-state index contributed by atoms with van der Waals surface area (Å²) in [7, 11) is 0. The largest absolute Gasteiger partial charge is 0.508 e. The second-order valence-electron chi connectivity index (χ2n) is 6.25. The topological polar surface area (TPSA) is 49.3 Å². The van der Waals surface area contributed by atoms with E-state index in [1.807, 2.05) is 79.7 Å². The van der Waals surface area contributed by atoms with E-state index < -0.39 is 5.54 Å². The molecule has 1 atom stereocenters. The Bertz CT molecular complexity index is 829. The smallest absolute Gasteiger partial charge is 0.225 e. The quantitative estimate of drug-likeness (QED) is 0.742. The van der Waals surface area contributed by atoms with Gasteiger partial charge in [0.2, 0.25) is 5.91 Å². The fraction of sp³-hybridized carbons (Fsp3) is 0.136. The number of phenolic OH excluding ortho intramolecular Hbond substituents is 1. The number of carbonyl (C=O) groups excluding carboxylic acids is 1. The maximum Gasteiger partial charge on any atom is 0.225 e. The van der Waals surface area contributed by atoms with Crippen LogP contribution in [0.25, 0.3) is 0 Å². The van der Waals surface area contributed by atoms with Crippen LogP contribution in [0.4, 0.5) is 0 Å². The summed E-state index contributed by atoms with van der Waals surface area (Å²) >= 11 is 0. The van der Waals surface area contributed by atoms with Gasteiger partial charge in [-0.3, -0.25) is 4.79 Å². The van der Waals surface area contributed by atoms with Crippen molar-refractivity contribution in [2.24, 2.45) is 0 Å². The Labute approximate surface area is 148 Å². The highest BCUT2D eigenvalue weighted by Crippen LogP contribution is 2.30. The first-order valence-electron chi connectivity index (χ1n) is 8.28. The Hall–Kier alpha value is -3.07. The molecule has 126 valence electrons. The average molecular weight is 331 g/mol. The first kappa shape index (κ1) is 16.8. The fourth-order valence-electron chi connectivity index (χ4n) is 2.98. The number of aromatic hydroxyl groups is 1. The molecule has 0 heterocycles. The molecule has 25 heavy (non-hydrogen) atoms. The summed E-state index contributed by atoms with van der Waals surface area (Å²) in [5, 5.41) is 12.8. The van der Waals surface area contributed by atoms with Crippen molar-refractivity contribution in [1.82, 2.24) is 5.32 Å². The van der Waals surface area contributed by atoms with Crippen LogP contribution in [0.1, 0.15) is 23.6 Å². The molecule has 0 spiro atoms. The van der Waals surface area contributed by atoms with Crippen molar-refractivity contribution in [2.45, 2.75) is 18.9 Å². The Morgan fingerprint density at radius 2 is 1.36 bits per heavy atom. The zero-order valence-corrected chi connectivity index (χ0v) is 14.1. The summed E-state index contributed by atoms with van der Waals surface area (Å²) in [6.45, 7) is 1.98. The second kappa shape index (κ2) is 7.22. The van der Waals surface area contributed by atoms with E-state index in [9.17, 15) is 9.90 Å². The lowest BCUT2D eigenvalue weighted by molar-refractivity contribution is -0.121. The maximum absolute atomic E-state index is 12.7. The Balaban J connectivity index is 1.91. The van der Waals surface area contributed by atoms with Gasteiger partial charge in [0.1, 0.15) is 5.75 Å². The van der Waals surface area contributed by atoms with Gasteiger partial charge in [0.25, 0.3) is 0 Å². The molecule has 2 N–H and O–H groups in total. The van der Waals surface area contributed by atoms with Gasteiger partial charge in [-0.2, -0.15) is 0 Å². The molecule has 0 aliphatic carbocycles. The number of hydrogen-bond acceptors (Lipinski definition) is 2. The summed E-state index contributed by atoms with van der Waals surface area (Å²) in [5.74, 6) is 0.153. The summed E-state index contributed by atoms with van der Waals surface area (Å²) in [4.78, 5) is 12.7. The third-order valence-corrected chi connectivity index (χ3v) is 4.39. The zero-order chi connectivity index (χ0) is 17.7. The van der Waals surface area contributed by atoms with Crippen LogP contribution >= 0.6 is 0 Å². The maximum atomic E-state index is 12.7. The van der Waals surface area contributed by atoms with E-state index in [1.54, 1.807) is 12.1 Å². The molecular weight excluding hydrogens is 310 g/mol. The first-order valence-corrected chi connectivity index (χ1v) is 8.28. The molecule has 3 aromatic rings. The van der Waals surface area contributed by atoms with Gasteiger partial charge in [-0.15, -0.1) is 0 Å². The van der Waals surface area contributed by atoms with Gasteiger partial charge in [-0.25, -0.2) is 0 Å². The Morgan fingerprint density at radius 1 is 0.840 bits per heavy atom. The van der Waals surface area contributed by atoms with Gasteiger partial charge < -0.3 is 10.4 Å². The number of nitrogens with one attached hydrogen (secondary N) is 1.